The summed E-state index contributed by atoms with van der Waals surface area (Å²) in [5.41, 5.74) is 2.94. The Morgan fingerprint density at radius 2 is 1.92 bits per heavy atom. The van der Waals surface area contributed by atoms with E-state index in [-0.39, 0.29) is 5.75 Å². The van der Waals surface area contributed by atoms with Crippen LogP contribution in [-0.2, 0) is 9.59 Å². The summed E-state index contributed by atoms with van der Waals surface area (Å²) in [5, 5.41) is 15.8. The highest BCUT2D eigenvalue weighted by molar-refractivity contribution is 9.10. The summed E-state index contributed by atoms with van der Waals surface area (Å²) in [5.74, 6) is -1.12. The van der Waals surface area contributed by atoms with E-state index in [0.29, 0.717) is 23.6 Å². The second-order valence-corrected chi connectivity index (χ2v) is 5.73. The number of carbonyl (C=O) groups excluding carboxylic acids is 2. The summed E-state index contributed by atoms with van der Waals surface area (Å²) in [6.45, 7) is 2.41. The minimum atomic E-state index is -0.931. The number of nitrogens with one attached hydrogen (secondary N) is 2. The molecule has 0 radical (unpaired) electrons. The highest BCUT2D eigenvalue weighted by Gasteiger charge is 2.13. The highest BCUT2D eigenvalue weighted by atomic mass is 79.9. The smallest absolute Gasteiger partial charge is 0.329 e. The predicted molar refractivity (Wildman–Crippen MR) is 97.8 cm³/mol. The van der Waals surface area contributed by atoms with E-state index in [9.17, 15) is 14.7 Å². The van der Waals surface area contributed by atoms with Crippen molar-refractivity contribution in [3.05, 3.63) is 52.5 Å². The van der Waals surface area contributed by atoms with Crippen molar-refractivity contribution in [2.24, 2.45) is 5.10 Å². The number of hydrogen-bond acceptors (Lipinski definition) is 5. The molecule has 0 saturated carbocycles. The minimum absolute atomic E-state index is 0.0000356. The van der Waals surface area contributed by atoms with Gasteiger partial charge in [0.05, 0.1) is 12.8 Å². The zero-order valence-corrected chi connectivity index (χ0v) is 14.9. The van der Waals surface area contributed by atoms with E-state index >= 15 is 0 Å². The quantitative estimate of drug-likeness (QED) is 0.404. The predicted octanol–water partition coefficient (Wildman–Crippen LogP) is 2.64. The number of phenols is 1. The van der Waals surface area contributed by atoms with E-state index in [1.54, 1.807) is 36.4 Å². The number of phenolic OH excluding ortho intramolecular Hbond substituents is 1. The normalized spacial score (nSPS) is 10.5. The van der Waals surface area contributed by atoms with Gasteiger partial charge in [0.25, 0.3) is 0 Å². The van der Waals surface area contributed by atoms with Crippen molar-refractivity contribution in [1.29, 1.82) is 0 Å². The molecule has 2 rings (SSSR count). The number of aromatic hydroxyl groups is 1. The van der Waals surface area contributed by atoms with E-state index in [2.05, 4.69) is 31.8 Å². The molecule has 0 bridgehead atoms. The molecule has 0 spiro atoms. The summed E-state index contributed by atoms with van der Waals surface area (Å²) in [6.07, 6.45) is 1.24. The third kappa shape index (κ3) is 5.61. The van der Waals surface area contributed by atoms with Gasteiger partial charge >= 0.3 is 11.8 Å². The number of hydrogen-bond donors (Lipinski definition) is 3. The molecule has 2 aromatic rings. The fourth-order valence-electron chi connectivity index (χ4n) is 1.83. The van der Waals surface area contributed by atoms with Crippen molar-refractivity contribution < 1.29 is 19.4 Å². The molecule has 0 aromatic heterocycles. The van der Waals surface area contributed by atoms with Crippen LogP contribution < -0.4 is 15.5 Å². The molecule has 7 nitrogen and oxygen atoms in total. The summed E-state index contributed by atoms with van der Waals surface area (Å²) < 4.78 is 6.03. The third-order valence-electron chi connectivity index (χ3n) is 2.99. The lowest BCUT2D eigenvalue weighted by Crippen LogP contribution is -2.32. The summed E-state index contributed by atoms with van der Waals surface area (Å²) >= 11 is 3.26. The van der Waals surface area contributed by atoms with Crippen molar-refractivity contribution in [3.8, 4) is 11.5 Å². The van der Waals surface area contributed by atoms with Gasteiger partial charge in [-0.3, -0.25) is 9.59 Å². The maximum Gasteiger partial charge on any atom is 0.329 e. The first-order valence-corrected chi connectivity index (χ1v) is 8.14. The standard InChI is InChI=1S/C17H16BrN3O4/c1-2-25-14-6-4-13(5-7-14)20-16(23)17(24)21-19-10-11-9-12(18)3-8-15(11)22/h3-10,22H,2H2,1H3,(H,20,23)(H,21,24)/b19-10+. The summed E-state index contributed by atoms with van der Waals surface area (Å²) in [7, 11) is 0. The number of rotatable bonds is 5. The van der Waals surface area contributed by atoms with Gasteiger partial charge in [0.2, 0.25) is 0 Å². The van der Waals surface area contributed by atoms with Crippen molar-refractivity contribution in [2.45, 2.75) is 6.92 Å². The summed E-state index contributed by atoms with van der Waals surface area (Å²) in [4.78, 5) is 23.5. The molecule has 130 valence electrons. The van der Waals surface area contributed by atoms with Crippen LogP contribution in [-0.4, -0.2) is 29.7 Å². The first-order valence-electron chi connectivity index (χ1n) is 7.35. The Morgan fingerprint density at radius 1 is 1.20 bits per heavy atom. The fourth-order valence-corrected chi connectivity index (χ4v) is 2.21. The van der Waals surface area contributed by atoms with Crippen LogP contribution in [0.3, 0.4) is 0 Å². The Hall–Kier alpha value is -2.87. The maximum absolute atomic E-state index is 11.8. The topological polar surface area (TPSA) is 100 Å². The van der Waals surface area contributed by atoms with Crippen LogP contribution in [0.15, 0.2) is 52.0 Å². The van der Waals surface area contributed by atoms with Gasteiger partial charge in [0, 0.05) is 15.7 Å². The molecular formula is C17H16BrN3O4. The molecule has 0 aliphatic rings. The molecule has 0 heterocycles. The van der Waals surface area contributed by atoms with E-state index < -0.39 is 11.8 Å². The Bertz CT molecular complexity index is 791. The van der Waals surface area contributed by atoms with Crippen LogP contribution in [0.5, 0.6) is 11.5 Å². The van der Waals surface area contributed by atoms with Gasteiger partial charge < -0.3 is 15.2 Å². The molecule has 0 aliphatic carbocycles. The highest BCUT2D eigenvalue weighted by Crippen LogP contribution is 2.20. The SMILES string of the molecule is CCOc1ccc(NC(=O)C(=O)N/N=C/c2cc(Br)ccc2O)cc1. The Kier molecular flexibility index (Phi) is 6.53. The molecule has 0 saturated heterocycles. The van der Waals surface area contributed by atoms with Crippen LogP contribution in [0.4, 0.5) is 5.69 Å². The molecule has 0 aliphatic heterocycles. The van der Waals surface area contributed by atoms with Crippen molar-refractivity contribution in [1.82, 2.24) is 5.43 Å². The number of amides is 2. The maximum atomic E-state index is 11.8. The number of anilines is 1. The number of carbonyl (C=O) groups is 2. The lowest BCUT2D eigenvalue weighted by molar-refractivity contribution is -0.136. The van der Waals surface area contributed by atoms with Crippen LogP contribution in [0.1, 0.15) is 12.5 Å². The molecule has 2 amide bonds. The molecule has 0 atom stereocenters. The lowest BCUT2D eigenvalue weighted by atomic mass is 10.2. The molecule has 0 unspecified atom stereocenters. The second kappa shape index (κ2) is 8.84. The fraction of sp³-hybridized carbons (Fsp3) is 0.118. The lowest BCUT2D eigenvalue weighted by Gasteiger charge is -2.06. The van der Waals surface area contributed by atoms with Crippen LogP contribution in [0, 0.1) is 0 Å². The number of benzene rings is 2. The van der Waals surface area contributed by atoms with E-state index in [4.69, 9.17) is 4.74 Å². The number of halogens is 1. The molecule has 8 heteroatoms. The Balaban J connectivity index is 1.90. The summed E-state index contributed by atoms with van der Waals surface area (Å²) in [6, 6.07) is 11.4. The van der Waals surface area contributed by atoms with Gasteiger partial charge in [0.1, 0.15) is 11.5 Å². The van der Waals surface area contributed by atoms with Gasteiger partial charge in [-0.25, -0.2) is 5.43 Å². The van der Waals surface area contributed by atoms with Crippen molar-refractivity contribution in [3.63, 3.8) is 0 Å². The number of nitrogens with zero attached hydrogens (tertiary/aromatic N) is 1. The largest absolute Gasteiger partial charge is 0.507 e. The van der Waals surface area contributed by atoms with Gasteiger partial charge in [-0.1, -0.05) is 15.9 Å². The van der Waals surface area contributed by atoms with Gasteiger partial charge in [-0.05, 0) is 49.4 Å². The van der Waals surface area contributed by atoms with Crippen LogP contribution in [0.2, 0.25) is 0 Å². The molecule has 3 N–H and O–H groups in total. The molecule has 0 fully saturated rings. The monoisotopic (exact) mass is 405 g/mol. The number of hydrazone groups is 1. The Morgan fingerprint density at radius 3 is 2.60 bits per heavy atom. The Labute approximate surface area is 152 Å². The zero-order valence-electron chi connectivity index (χ0n) is 13.3. The third-order valence-corrected chi connectivity index (χ3v) is 3.48. The average molecular weight is 406 g/mol. The van der Waals surface area contributed by atoms with Crippen LogP contribution >= 0.6 is 15.9 Å². The van der Waals surface area contributed by atoms with Gasteiger partial charge in [0.15, 0.2) is 0 Å². The van der Waals surface area contributed by atoms with Crippen LogP contribution in [0.25, 0.3) is 0 Å². The van der Waals surface area contributed by atoms with E-state index in [1.165, 1.54) is 12.3 Å². The first-order chi connectivity index (χ1) is 12.0. The average Bonchev–Trinajstić information content (AvgIpc) is 2.59. The van der Waals surface area contributed by atoms with Crippen molar-refractivity contribution >= 4 is 39.6 Å². The molecular weight excluding hydrogens is 390 g/mol. The van der Waals surface area contributed by atoms with E-state index in [0.717, 1.165) is 4.47 Å². The second-order valence-electron chi connectivity index (χ2n) is 4.81. The van der Waals surface area contributed by atoms with Gasteiger partial charge in [-0.15, -0.1) is 0 Å². The van der Waals surface area contributed by atoms with E-state index in [1.807, 2.05) is 6.92 Å². The first kappa shape index (κ1) is 18.5. The van der Waals surface area contributed by atoms with Crippen molar-refractivity contribution in [2.75, 3.05) is 11.9 Å². The van der Waals surface area contributed by atoms with Gasteiger partial charge in [-0.2, -0.15) is 5.10 Å². The number of ether oxygens (including phenoxy) is 1. The minimum Gasteiger partial charge on any atom is -0.507 e. The molecule has 25 heavy (non-hydrogen) atoms. The molecule has 2 aromatic carbocycles. The zero-order chi connectivity index (χ0) is 18.2.